The van der Waals surface area contributed by atoms with E-state index < -0.39 is 0 Å². The van der Waals surface area contributed by atoms with Crippen LogP contribution in [0.25, 0.3) is 0 Å². The van der Waals surface area contributed by atoms with Crippen molar-refractivity contribution in [2.45, 2.75) is 20.3 Å². The zero-order valence-electron chi connectivity index (χ0n) is 17.1. The van der Waals surface area contributed by atoms with Gasteiger partial charge in [0, 0.05) is 24.8 Å². The highest BCUT2D eigenvalue weighted by Crippen LogP contribution is 2.19. The summed E-state index contributed by atoms with van der Waals surface area (Å²) >= 11 is 0. The molecule has 0 fully saturated rings. The van der Waals surface area contributed by atoms with Crippen LogP contribution in [0.5, 0.6) is 5.75 Å². The van der Waals surface area contributed by atoms with Crippen molar-refractivity contribution in [3.8, 4) is 5.75 Å². The number of aromatic nitrogens is 2. The lowest BCUT2D eigenvalue weighted by Gasteiger charge is -2.21. The fraction of sp³-hybridized carbons (Fsp3) is 0.261. The maximum atomic E-state index is 13.0. The van der Waals surface area contributed by atoms with Crippen LogP contribution in [0.15, 0.2) is 60.9 Å². The number of nitrogens with one attached hydrogen (secondary N) is 1. The maximum absolute atomic E-state index is 13.0. The molecule has 0 radical (unpaired) electrons. The number of amides is 1. The molecular weight excluding hydrogens is 364 g/mol. The molecule has 3 aromatic rings. The number of methoxy groups -OCH3 is 1. The summed E-state index contributed by atoms with van der Waals surface area (Å²) in [6.45, 7) is 5.21. The third-order valence-corrected chi connectivity index (χ3v) is 4.61. The molecular formula is C23H26N4O2. The predicted octanol–water partition coefficient (Wildman–Crippen LogP) is 4.11. The summed E-state index contributed by atoms with van der Waals surface area (Å²) in [6, 6.07) is 17.6. The molecule has 1 N–H and O–H groups in total. The SMILES string of the molecule is CCN(C(=O)c1cc(NCCc2cccc(OC)c2)ncn1)c1cccc(C)c1. The van der Waals surface area contributed by atoms with Crippen molar-refractivity contribution in [3.63, 3.8) is 0 Å². The number of ether oxygens (including phenoxy) is 1. The van der Waals surface area contributed by atoms with Crippen molar-refractivity contribution in [1.29, 1.82) is 0 Å². The summed E-state index contributed by atoms with van der Waals surface area (Å²) in [6.07, 6.45) is 2.24. The van der Waals surface area contributed by atoms with Gasteiger partial charge in [-0.15, -0.1) is 0 Å². The summed E-state index contributed by atoms with van der Waals surface area (Å²) in [5.41, 5.74) is 3.51. The largest absolute Gasteiger partial charge is 0.497 e. The Morgan fingerprint density at radius 1 is 1.10 bits per heavy atom. The topological polar surface area (TPSA) is 67.4 Å². The molecule has 150 valence electrons. The zero-order valence-corrected chi connectivity index (χ0v) is 17.1. The molecule has 0 atom stereocenters. The van der Waals surface area contributed by atoms with E-state index in [1.807, 2.05) is 56.3 Å². The van der Waals surface area contributed by atoms with Gasteiger partial charge in [0.05, 0.1) is 7.11 Å². The van der Waals surface area contributed by atoms with E-state index in [1.165, 1.54) is 11.9 Å². The summed E-state index contributed by atoms with van der Waals surface area (Å²) in [5.74, 6) is 1.33. The maximum Gasteiger partial charge on any atom is 0.277 e. The van der Waals surface area contributed by atoms with Gasteiger partial charge in [0.1, 0.15) is 23.6 Å². The smallest absolute Gasteiger partial charge is 0.277 e. The number of nitrogens with zero attached hydrogens (tertiary/aromatic N) is 3. The molecule has 0 aliphatic heterocycles. The quantitative estimate of drug-likeness (QED) is 0.627. The van der Waals surface area contributed by atoms with Crippen LogP contribution in [0, 0.1) is 6.92 Å². The van der Waals surface area contributed by atoms with Gasteiger partial charge in [-0.25, -0.2) is 9.97 Å². The Labute approximate surface area is 171 Å². The first-order chi connectivity index (χ1) is 14.1. The highest BCUT2D eigenvalue weighted by molar-refractivity contribution is 6.05. The Kier molecular flexibility index (Phi) is 6.79. The Morgan fingerprint density at radius 2 is 1.93 bits per heavy atom. The molecule has 3 rings (SSSR count). The average Bonchev–Trinajstić information content (AvgIpc) is 2.75. The number of carbonyl (C=O) groups is 1. The van der Waals surface area contributed by atoms with E-state index in [-0.39, 0.29) is 5.91 Å². The minimum atomic E-state index is -0.142. The van der Waals surface area contributed by atoms with Crippen molar-refractivity contribution in [3.05, 3.63) is 77.7 Å². The summed E-state index contributed by atoms with van der Waals surface area (Å²) in [4.78, 5) is 23.1. The van der Waals surface area contributed by atoms with Gasteiger partial charge in [-0.2, -0.15) is 0 Å². The third-order valence-electron chi connectivity index (χ3n) is 4.61. The van der Waals surface area contributed by atoms with Gasteiger partial charge in [-0.3, -0.25) is 4.79 Å². The van der Waals surface area contributed by atoms with Crippen LogP contribution in [0.1, 0.15) is 28.5 Å². The molecule has 0 spiro atoms. The first kappa shape index (κ1) is 20.3. The lowest BCUT2D eigenvalue weighted by Crippen LogP contribution is -2.31. The fourth-order valence-corrected chi connectivity index (χ4v) is 3.11. The van der Waals surface area contributed by atoms with Crippen molar-refractivity contribution in [2.75, 3.05) is 30.4 Å². The second kappa shape index (κ2) is 9.68. The van der Waals surface area contributed by atoms with E-state index >= 15 is 0 Å². The molecule has 0 aliphatic rings. The molecule has 6 heteroatoms. The van der Waals surface area contributed by atoms with E-state index in [0.717, 1.165) is 23.4 Å². The van der Waals surface area contributed by atoms with Crippen molar-refractivity contribution >= 4 is 17.4 Å². The minimum Gasteiger partial charge on any atom is -0.497 e. The van der Waals surface area contributed by atoms with Crippen LogP contribution in [-0.2, 0) is 6.42 Å². The van der Waals surface area contributed by atoms with Crippen LogP contribution in [0.2, 0.25) is 0 Å². The second-order valence-electron chi connectivity index (χ2n) is 6.71. The minimum absolute atomic E-state index is 0.142. The molecule has 0 saturated carbocycles. The van der Waals surface area contributed by atoms with E-state index in [2.05, 4.69) is 21.4 Å². The standard InChI is InChI=1S/C23H26N4O2/c1-4-27(19-9-5-7-17(2)13-19)23(28)21-15-22(26-16-25-21)24-12-11-18-8-6-10-20(14-18)29-3/h5-10,13-16H,4,11-12H2,1-3H3,(H,24,25,26). The predicted molar refractivity (Wildman–Crippen MR) is 116 cm³/mol. The monoisotopic (exact) mass is 390 g/mol. The Balaban J connectivity index is 1.67. The summed E-state index contributed by atoms with van der Waals surface area (Å²) < 4.78 is 5.26. The molecule has 0 unspecified atom stereocenters. The number of anilines is 2. The van der Waals surface area contributed by atoms with Crippen molar-refractivity contribution in [1.82, 2.24) is 9.97 Å². The van der Waals surface area contributed by atoms with Crippen LogP contribution < -0.4 is 15.0 Å². The molecule has 29 heavy (non-hydrogen) atoms. The fourth-order valence-electron chi connectivity index (χ4n) is 3.11. The Hall–Kier alpha value is -3.41. The zero-order chi connectivity index (χ0) is 20.6. The number of aryl methyl sites for hydroxylation is 1. The normalized spacial score (nSPS) is 10.4. The number of rotatable bonds is 8. The molecule has 0 bridgehead atoms. The second-order valence-corrected chi connectivity index (χ2v) is 6.71. The van der Waals surface area contributed by atoms with Crippen molar-refractivity contribution in [2.24, 2.45) is 0 Å². The van der Waals surface area contributed by atoms with Gasteiger partial charge in [-0.05, 0) is 55.7 Å². The first-order valence-electron chi connectivity index (χ1n) is 9.68. The van der Waals surface area contributed by atoms with Crippen LogP contribution in [0.4, 0.5) is 11.5 Å². The van der Waals surface area contributed by atoms with Gasteiger partial charge < -0.3 is 15.0 Å². The van der Waals surface area contributed by atoms with E-state index in [4.69, 9.17) is 4.74 Å². The number of hydrogen-bond donors (Lipinski definition) is 1. The Morgan fingerprint density at radius 3 is 2.69 bits per heavy atom. The van der Waals surface area contributed by atoms with Crippen LogP contribution >= 0.6 is 0 Å². The van der Waals surface area contributed by atoms with Crippen LogP contribution in [0.3, 0.4) is 0 Å². The van der Waals surface area contributed by atoms with Crippen LogP contribution in [-0.4, -0.2) is 36.1 Å². The van der Waals surface area contributed by atoms with Gasteiger partial charge in [0.2, 0.25) is 0 Å². The van der Waals surface area contributed by atoms with E-state index in [1.54, 1.807) is 18.1 Å². The molecule has 0 aliphatic carbocycles. The number of carbonyl (C=O) groups excluding carboxylic acids is 1. The highest BCUT2D eigenvalue weighted by Gasteiger charge is 2.18. The van der Waals surface area contributed by atoms with Gasteiger partial charge in [0.25, 0.3) is 5.91 Å². The first-order valence-corrected chi connectivity index (χ1v) is 9.68. The third kappa shape index (κ3) is 5.31. The molecule has 1 heterocycles. The van der Waals surface area contributed by atoms with E-state index in [9.17, 15) is 4.79 Å². The molecule has 2 aromatic carbocycles. The lowest BCUT2D eigenvalue weighted by molar-refractivity contribution is 0.0983. The lowest BCUT2D eigenvalue weighted by atomic mass is 10.1. The molecule has 0 saturated heterocycles. The average molecular weight is 390 g/mol. The van der Waals surface area contributed by atoms with Gasteiger partial charge >= 0.3 is 0 Å². The molecule has 1 amide bonds. The van der Waals surface area contributed by atoms with E-state index in [0.29, 0.717) is 24.6 Å². The van der Waals surface area contributed by atoms with Crippen molar-refractivity contribution < 1.29 is 9.53 Å². The number of benzene rings is 2. The summed E-state index contributed by atoms with van der Waals surface area (Å²) in [5, 5.41) is 3.27. The Bertz CT molecular complexity index is 974. The summed E-state index contributed by atoms with van der Waals surface area (Å²) in [7, 11) is 1.66. The number of hydrogen-bond acceptors (Lipinski definition) is 5. The van der Waals surface area contributed by atoms with Gasteiger partial charge in [-0.1, -0.05) is 24.3 Å². The molecule has 1 aromatic heterocycles. The van der Waals surface area contributed by atoms with Gasteiger partial charge in [0.15, 0.2) is 0 Å². The molecule has 6 nitrogen and oxygen atoms in total. The highest BCUT2D eigenvalue weighted by atomic mass is 16.5.